The zero-order valence-electron chi connectivity index (χ0n) is 18.4. The van der Waals surface area contributed by atoms with Gasteiger partial charge in [-0.25, -0.2) is 14.4 Å². The second-order valence-electron chi connectivity index (χ2n) is 8.32. The number of hydrogen-bond donors (Lipinski definition) is 1. The summed E-state index contributed by atoms with van der Waals surface area (Å²) in [5.74, 6) is 2.38. The van der Waals surface area contributed by atoms with Crippen molar-refractivity contribution < 1.29 is 13.9 Å². The molecule has 0 aliphatic carbocycles. The van der Waals surface area contributed by atoms with Gasteiger partial charge in [-0.3, -0.25) is 0 Å². The summed E-state index contributed by atoms with van der Waals surface area (Å²) in [5, 5.41) is 0.893. The third-order valence-electron chi connectivity index (χ3n) is 6.47. The molecular formula is C26H23FN4O2. The van der Waals surface area contributed by atoms with Crippen LogP contribution in [0, 0.1) is 5.82 Å². The van der Waals surface area contributed by atoms with Crippen LogP contribution in [0.25, 0.3) is 33.2 Å². The lowest BCUT2D eigenvalue weighted by Gasteiger charge is -2.25. The molecule has 3 aromatic heterocycles. The molecule has 0 bridgehead atoms. The van der Waals surface area contributed by atoms with E-state index in [9.17, 15) is 0 Å². The molecule has 6 rings (SSSR count). The molecule has 1 N–H and O–H groups in total. The van der Waals surface area contributed by atoms with Crippen LogP contribution in [0.5, 0.6) is 11.5 Å². The first kappa shape index (κ1) is 19.8. The third-order valence-corrected chi connectivity index (χ3v) is 6.47. The van der Waals surface area contributed by atoms with E-state index in [1.165, 1.54) is 0 Å². The summed E-state index contributed by atoms with van der Waals surface area (Å²) >= 11 is 0. The van der Waals surface area contributed by atoms with Crippen LogP contribution in [-0.2, 0) is 13.0 Å². The van der Waals surface area contributed by atoms with Gasteiger partial charge in [-0.1, -0.05) is 0 Å². The monoisotopic (exact) mass is 442 g/mol. The van der Waals surface area contributed by atoms with Crippen LogP contribution in [0.2, 0.25) is 0 Å². The van der Waals surface area contributed by atoms with Crippen molar-refractivity contribution in [1.29, 1.82) is 0 Å². The topological polar surface area (TPSA) is 65.0 Å². The van der Waals surface area contributed by atoms with Gasteiger partial charge in [-0.2, -0.15) is 0 Å². The zero-order chi connectivity index (χ0) is 22.5. The van der Waals surface area contributed by atoms with Crippen molar-refractivity contribution in [2.75, 3.05) is 13.7 Å². The molecular weight excluding hydrogens is 419 g/mol. The first-order chi connectivity index (χ1) is 16.2. The highest BCUT2D eigenvalue weighted by Gasteiger charge is 2.27. The summed E-state index contributed by atoms with van der Waals surface area (Å²) in [6.07, 6.45) is 4.31. The quantitative estimate of drug-likeness (QED) is 0.401. The minimum absolute atomic E-state index is 0.0702. The van der Waals surface area contributed by atoms with E-state index in [-0.39, 0.29) is 11.7 Å². The molecule has 1 atom stereocenters. The summed E-state index contributed by atoms with van der Waals surface area (Å²) in [6.45, 7) is 3.35. The second-order valence-corrected chi connectivity index (χ2v) is 8.32. The number of nitrogens with one attached hydrogen (secondary N) is 1. The van der Waals surface area contributed by atoms with E-state index in [0.29, 0.717) is 17.7 Å². The van der Waals surface area contributed by atoms with Gasteiger partial charge in [-0.05, 0) is 60.9 Å². The Balaban J connectivity index is 1.46. The van der Waals surface area contributed by atoms with E-state index in [4.69, 9.17) is 14.5 Å². The Kier molecular flexibility index (Phi) is 4.57. The Morgan fingerprint density at radius 2 is 2.09 bits per heavy atom. The van der Waals surface area contributed by atoms with Gasteiger partial charge in [0.2, 0.25) is 0 Å². The van der Waals surface area contributed by atoms with Crippen LogP contribution >= 0.6 is 0 Å². The van der Waals surface area contributed by atoms with Crippen LogP contribution in [0.15, 0.2) is 54.9 Å². The van der Waals surface area contributed by atoms with Crippen molar-refractivity contribution in [3.8, 4) is 22.6 Å². The van der Waals surface area contributed by atoms with Gasteiger partial charge in [0.15, 0.2) is 0 Å². The predicted octanol–water partition coefficient (Wildman–Crippen LogP) is 5.47. The van der Waals surface area contributed by atoms with E-state index in [1.807, 2.05) is 42.6 Å². The lowest BCUT2D eigenvalue weighted by molar-refractivity contribution is 0.254. The summed E-state index contributed by atoms with van der Waals surface area (Å²) in [5.41, 5.74) is 4.77. The van der Waals surface area contributed by atoms with E-state index in [0.717, 1.165) is 58.0 Å². The van der Waals surface area contributed by atoms with Crippen molar-refractivity contribution in [2.45, 2.75) is 25.8 Å². The fourth-order valence-corrected chi connectivity index (χ4v) is 4.87. The summed E-state index contributed by atoms with van der Waals surface area (Å²) in [7, 11) is 1.66. The minimum atomic E-state index is -0.293. The lowest BCUT2D eigenvalue weighted by atomic mass is 9.95. The number of rotatable bonds is 4. The number of pyridine rings is 1. The molecule has 2 aromatic carbocycles. The SMILES string of the molecule is CCn1c(C2COc3ccc(OC)cc3C2)nc2cc(F)c(-c3ccnc4[nH]ccc34)cc21. The van der Waals surface area contributed by atoms with Crippen LogP contribution in [0.1, 0.15) is 24.2 Å². The summed E-state index contributed by atoms with van der Waals surface area (Å²) < 4.78 is 28.9. The number of aryl methyl sites for hydroxylation is 1. The standard InChI is InChI=1S/C26H23FN4O2/c1-3-31-23-12-20(18-6-8-28-25-19(18)7-9-29-25)21(27)13-22(23)30-26(31)16-10-15-11-17(32-2)4-5-24(15)33-14-16/h4-9,11-13,16H,3,10,14H2,1-2H3,(H,28,29). The number of halogens is 1. The number of aromatic nitrogens is 4. The molecule has 5 aromatic rings. The Morgan fingerprint density at radius 1 is 1.18 bits per heavy atom. The molecule has 33 heavy (non-hydrogen) atoms. The van der Waals surface area contributed by atoms with E-state index < -0.39 is 0 Å². The molecule has 1 unspecified atom stereocenters. The average molecular weight is 442 g/mol. The Hall–Kier alpha value is -3.87. The highest BCUT2D eigenvalue weighted by Crippen LogP contribution is 2.37. The smallest absolute Gasteiger partial charge is 0.137 e. The van der Waals surface area contributed by atoms with Crippen molar-refractivity contribution in [2.24, 2.45) is 0 Å². The summed E-state index contributed by atoms with van der Waals surface area (Å²) in [6, 6.07) is 13.1. The minimum Gasteiger partial charge on any atom is -0.497 e. The van der Waals surface area contributed by atoms with Gasteiger partial charge in [0, 0.05) is 36.0 Å². The fraction of sp³-hybridized carbons (Fsp3) is 0.231. The summed E-state index contributed by atoms with van der Waals surface area (Å²) in [4.78, 5) is 12.3. The number of fused-ring (bicyclic) bond motifs is 3. The number of aromatic amines is 1. The van der Waals surface area contributed by atoms with Crippen LogP contribution < -0.4 is 9.47 Å². The van der Waals surface area contributed by atoms with Crippen LogP contribution in [-0.4, -0.2) is 33.2 Å². The number of benzene rings is 2. The van der Waals surface area contributed by atoms with Gasteiger partial charge in [-0.15, -0.1) is 0 Å². The predicted molar refractivity (Wildman–Crippen MR) is 125 cm³/mol. The average Bonchev–Trinajstić information content (AvgIpc) is 3.46. The molecule has 1 aliphatic heterocycles. The van der Waals surface area contributed by atoms with Crippen molar-refractivity contribution in [1.82, 2.24) is 19.5 Å². The Bertz CT molecular complexity index is 1500. The maximum absolute atomic E-state index is 15.3. The third kappa shape index (κ3) is 3.15. The number of hydrogen-bond acceptors (Lipinski definition) is 4. The van der Waals surface area contributed by atoms with Gasteiger partial charge in [0.1, 0.15) is 28.8 Å². The molecule has 7 heteroatoms. The maximum atomic E-state index is 15.3. The second kappa shape index (κ2) is 7.62. The molecule has 4 heterocycles. The van der Waals surface area contributed by atoms with Crippen molar-refractivity contribution in [3.05, 3.63) is 72.1 Å². The number of methoxy groups -OCH3 is 1. The van der Waals surface area contributed by atoms with Crippen molar-refractivity contribution >= 4 is 22.1 Å². The molecule has 0 fully saturated rings. The van der Waals surface area contributed by atoms with Crippen molar-refractivity contribution in [3.63, 3.8) is 0 Å². The molecule has 0 saturated carbocycles. The fourth-order valence-electron chi connectivity index (χ4n) is 4.87. The van der Waals surface area contributed by atoms with Gasteiger partial charge in [0.05, 0.1) is 30.7 Å². The Morgan fingerprint density at radius 3 is 2.94 bits per heavy atom. The lowest BCUT2D eigenvalue weighted by Crippen LogP contribution is -2.22. The normalized spacial score (nSPS) is 15.5. The number of imidazole rings is 1. The maximum Gasteiger partial charge on any atom is 0.137 e. The molecule has 166 valence electrons. The molecule has 0 spiro atoms. The molecule has 1 aliphatic rings. The highest BCUT2D eigenvalue weighted by atomic mass is 19.1. The van der Waals surface area contributed by atoms with Crippen LogP contribution in [0.4, 0.5) is 4.39 Å². The molecule has 0 radical (unpaired) electrons. The number of ether oxygens (including phenoxy) is 2. The van der Waals surface area contributed by atoms with E-state index in [2.05, 4.69) is 21.5 Å². The molecule has 0 amide bonds. The van der Waals surface area contributed by atoms with E-state index >= 15 is 4.39 Å². The highest BCUT2D eigenvalue weighted by molar-refractivity contribution is 5.95. The zero-order valence-corrected chi connectivity index (χ0v) is 18.4. The van der Waals surface area contributed by atoms with E-state index in [1.54, 1.807) is 19.4 Å². The largest absolute Gasteiger partial charge is 0.497 e. The van der Waals surface area contributed by atoms with Gasteiger partial charge >= 0.3 is 0 Å². The molecule has 0 saturated heterocycles. The first-order valence-electron chi connectivity index (χ1n) is 11.1. The van der Waals surface area contributed by atoms with Crippen LogP contribution in [0.3, 0.4) is 0 Å². The number of nitrogens with zero attached hydrogens (tertiary/aromatic N) is 3. The van der Waals surface area contributed by atoms with Gasteiger partial charge in [0.25, 0.3) is 0 Å². The van der Waals surface area contributed by atoms with Gasteiger partial charge < -0.3 is 19.0 Å². The first-order valence-corrected chi connectivity index (χ1v) is 11.1. The Labute approximate surface area is 190 Å². The number of H-pyrrole nitrogens is 1. The molecule has 6 nitrogen and oxygen atoms in total.